The van der Waals surface area contributed by atoms with Crippen LogP contribution in [0.25, 0.3) is 0 Å². The number of hydrogen-bond acceptors (Lipinski definition) is 5. The zero-order chi connectivity index (χ0) is 15.2. The van der Waals surface area contributed by atoms with E-state index in [0.717, 1.165) is 6.42 Å². The largest absolute Gasteiger partial charge is 0.466 e. The standard InChI is InChI=1S/C14H16ClN3O2S/c1-9(5-11-4-3-10(2)21-11)17-13(19)8-20-14-7-16-6-12(15)18-14/h3-4,6-7,9H,5,8H2,1-2H3,(H,17,19). The van der Waals surface area contributed by atoms with Gasteiger partial charge in [-0.05, 0) is 26.0 Å². The highest BCUT2D eigenvalue weighted by Gasteiger charge is 2.10. The molecule has 1 atom stereocenters. The van der Waals surface area contributed by atoms with Crippen LogP contribution in [0.1, 0.15) is 16.7 Å². The predicted molar refractivity (Wildman–Crippen MR) is 82.9 cm³/mol. The molecule has 2 aromatic heterocycles. The molecular weight excluding hydrogens is 310 g/mol. The third-order valence-electron chi connectivity index (χ3n) is 2.64. The van der Waals surface area contributed by atoms with Gasteiger partial charge in [-0.25, -0.2) is 0 Å². The van der Waals surface area contributed by atoms with Crippen molar-refractivity contribution < 1.29 is 9.53 Å². The van der Waals surface area contributed by atoms with Gasteiger partial charge in [0.25, 0.3) is 5.91 Å². The summed E-state index contributed by atoms with van der Waals surface area (Å²) in [5.41, 5.74) is 0. The summed E-state index contributed by atoms with van der Waals surface area (Å²) in [6.45, 7) is 3.92. The fraction of sp³-hybridized carbons (Fsp3) is 0.357. The lowest BCUT2D eigenvalue weighted by Gasteiger charge is -2.13. The SMILES string of the molecule is Cc1ccc(CC(C)NC(=O)COc2cncc(Cl)n2)s1. The minimum atomic E-state index is -0.197. The van der Waals surface area contributed by atoms with Gasteiger partial charge in [-0.15, -0.1) is 11.3 Å². The number of aryl methyl sites for hydroxylation is 1. The number of nitrogens with zero attached hydrogens (tertiary/aromatic N) is 2. The Morgan fingerprint density at radius 3 is 2.95 bits per heavy atom. The molecule has 0 fully saturated rings. The number of rotatable bonds is 6. The summed E-state index contributed by atoms with van der Waals surface area (Å²) in [5, 5.41) is 3.11. The van der Waals surface area contributed by atoms with E-state index in [1.165, 1.54) is 22.1 Å². The molecule has 21 heavy (non-hydrogen) atoms. The minimum Gasteiger partial charge on any atom is -0.466 e. The number of aromatic nitrogens is 2. The molecule has 0 radical (unpaired) electrons. The molecule has 2 aromatic rings. The van der Waals surface area contributed by atoms with Crippen molar-refractivity contribution in [3.63, 3.8) is 0 Å². The van der Waals surface area contributed by atoms with E-state index in [2.05, 4.69) is 34.3 Å². The number of ether oxygens (including phenoxy) is 1. The van der Waals surface area contributed by atoms with Crippen LogP contribution in [0.4, 0.5) is 0 Å². The molecule has 0 aliphatic rings. The topological polar surface area (TPSA) is 64.1 Å². The Morgan fingerprint density at radius 2 is 2.29 bits per heavy atom. The van der Waals surface area contributed by atoms with Crippen molar-refractivity contribution in [2.24, 2.45) is 0 Å². The molecule has 0 aliphatic heterocycles. The second-order valence-electron chi connectivity index (χ2n) is 4.65. The first-order chi connectivity index (χ1) is 10.0. The van der Waals surface area contributed by atoms with Crippen molar-refractivity contribution in [2.45, 2.75) is 26.3 Å². The van der Waals surface area contributed by atoms with E-state index in [0.29, 0.717) is 0 Å². The van der Waals surface area contributed by atoms with Crippen molar-refractivity contribution in [2.75, 3.05) is 6.61 Å². The molecular formula is C14H16ClN3O2S. The number of thiophene rings is 1. The maximum atomic E-state index is 11.8. The van der Waals surface area contributed by atoms with E-state index in [1.54, 1.807) is 11.3 Å². The number of carbonyl (C=O) groups is 1. The third kappa shape index (κ3) is 5.32. The van der Waals surface area contributed by atoms with Crippen molar-refractivity contribution in [3.05, 3.63) is 39.4 Å². The molecule has 0 saturated carbocycles. The van der Waals surface area contributed by atoms with Crippen LogP contribution in [0.2, 0.25) is 5.15 Å². The van der Waals surface area contributed by atoms with Gasteiger partial charge in [0.05, 0.1) is 12.4 Å². The Hall–Kier alpha value is -1.66. The summed E-state index contributed by atoms with van der Waals surface area (Å²) < 4.78 is 5.24. The number of nitrogens with one attached hydrogen (secondary N) is 1. The average molecular weight is 326 g/mol. The minimum absolute atomic E-state index is 0.0459. The van der Waals surface area contributed by atoms with Gasteiger partial charge in [-0.2, -0.15) is 4.98 Å². The predicted octanol–water partition coefficient (Wildman–Crippen LogP) is 2.63. The first-order valence-electron chi connectivity index (χ1n) is 6.48. The van der Waals surface area contributed by atoms with Gasteiger partial charge in [0, 0.05) is 22.2 Å². The van der Waals surface area contributed by atoms with Crippen molar-refractivity contribution >= 4 is 28.8 Å². The fourth-order valence-electron chi connectivity index (χ4n) is 1.80. The molecule has 0 aliphatic carbocycles. The van der Waals surface area contributed by atoms with Gasteiger partial charge in [-0.1, -0.05) is 11.6 Å². The van der Waals surface area contributed by atoms with Crippen LogP contribution < -0.4 is 10.1 Å². The molecule has 0 bridgehead atoms. The van der Waals surface area contributed by atoms with Gasteiger partial charge < -0.3 is 10.1 Å². The summed E-state index contributed by atoms with van der Waals surface area (Å²) >= 11 is 7.42. The monoisotopic (exact) mass is 325 g/mol. The average Bonchev–Trinajstić information content (AvgIpc) is 2.81. The van der Waals surface area contributed by atoms with Crippen molar-refractivity contribution in [1.29, 1.82) is 0 Å². The van der Waals surface area contributed by atoms with Crippen LogP contribution >= 0.6 is 22.9 Å². The molecule has 7 heteroatoms. The van der Waals surface area contributed by atoms with Crippen LogP contribution in [-0.4, -0.2) is 28.5 Å². The second kappa shape index (κ2) is 7.38. The second-order valence-corrected chi connectivity index (χ2v) is 6.41. The van der Waals surface area contributed by atoms with Gasteiger partial charge in [0.15, 0.2) is 11.8 Å². The molecule has 2 rings (SSSR count). The van der Waals surface area contributed by atoms with E-state index in [-0.39, 0.29) is 29.6 Å². The molecule has 1 amide bonds. The zero-order valence-corrected chi connectivity index (χ0v) is 13.4. The van der Waals surface area contributed by atoms with Crippen molar-refractivity contribution in [3.8, 4) is 5.88 Å². The molecule has 1 N–H and O–H groups in total. The lowest BCUT2D eigenvalue weighted by molar-refractivity contribution is -0.123. The Balaban J connectivity index is 1.76. The van der Waals surface area contributed by atoms with Gasteiger partial charge >= 0.3 is 0 Å². The van der Waals surface area contributed by atoms with Crippen LogP contribution in [0.15, 0.2) is 24.5 Å². The molecule has 0 aromatic carbocycles. The van der Waals surface area contributed by atoms with Crippen LogP contribution in [-0.2, 0) is 11.2 Å². The number of amides is 1. The summed E-state index contributed by atoms with van der Waals surface area (Å²) in [7, 11) is 0. The van der Waals surface area contributed by atoms with Crippen LogP contribution in [0.5, 0.6) is 5.88 Å². The Labute approximate surface area is 132 Å². The van der Waals surface area contributed by atoms with E-state index in [4.69, 9.17) is 16.3 Å². The molecule has 0 saturated heterocycles. The van der Waals surface area contributed by atoms with Crippen LogP contribution in [0, 0.1) is 6.92 Å². The first kappa shape index (κ1) is 15.7. The zero-order valence-electron chi connectivity index (χ0n) is 11.8. The third-order valence-corrected chi connectivity index (χ3v) is 3.85. The molecule has 1 unspecified atom stereocenters. The van der Waals surface area contributed by atoms with Crippen molar-refractivity contribution in [1.82, 2.24) is 15.3 Å². The normalized spacial score (nSPS) is 12.0. The Kier molecular flexibility index (Phi) is 5.52. The van der Waals surface area contributed by atoms with E-state index < -0.39 is 0 Å². The molecule has 2 heterocycles. The quantitative estimate of drug-likeness (QED) is 0.886. The number of halogens is 1. The highest BCUT2D eigenvalue weighted by molar-refractivity contribution is 7.11. The number of carbonyl (C=O) groups excluding carboxylic acids is 1. The molecule has 112 valence electrons. The lowest BCUT2D eigenvalue weighted by atomic mass is 10.2. The fourth-order valence-corrected chi connectivity index (χ4v) is 2.96. The maximum Gasteiger partial charge on any atom is 0.258 e. The van der Waals surface area contributed by atoms with Gasteiger partial charge in [0.2, 0.25) is 5.88 Å². The summed E-state index contributed by atoms with van der Waals surface area (Å²) in [6, 6.07) is 4.21. The van der Waals surface area contributed by atoms with Gasteiger partial charge in [-0.3, -0.25) is 9.78 Å². The molecule has 0 spiro atoms. The van der Waals surface area contributed by atoms with Gasteiger partial charge in [0.1, 0.15) is 0 Å². The first-order valence-corrected chi connectivity index (χ1v) is 7.67. The maximum absolute atomic E-state index is 11.8. The summed E-state index contributed by atoms with van der Waals surface area (Å²) in [5.74, 6) is 0.0386. The lowest BCUT2D eigenvalue weighted by Crippen LogP contribution is -2.37. The van der Waals surface area contributed by atoms with E-state index >= 15 is 0 Å². The Morgan fingerprint density at radius 1 is 1.48 bits per heavy atom. The summed E-state index contributed by atoms with van der Waals surface area (Å²) in [4.78, 5) is 22.0. The smallest absolute Gasteiger partial charge is 0.258 e. The highest BCUT2D eigenvalue weighted by atomic mass is 35.5. The number of hydrogen-bond donors (Lipinski definition) is 1. The van der Waals surface area contributed by atoms with Crippen LogP contribution in [0.3, 0.4) is 0 Å². The highest BCUT2D eigenvalue weighted by Crippen LogP contribution is 2.16. The van der Waals surface area contributed by atoms with E-state index in [9.17, 15) is 4.79 Å². The Bertz CT molecular complexity index is 618. The summed E-state index contributed by atoms with van der Waals surface area (Å²) in [6.07, 6.45) is 3.62. The molecule has 5 nitrogen and oxygen atoms in total. The van der Waals surface area contributed by atoms with E-state index in [1.807, 2.05) is 6.92 Å².